The van der Waals surface area contributed by atoms with Crippen LogP contribution in [0.15, 0.2) is 16.6 Å². The smallest absolute Gasteiger partial charge is 0.313 e. The van der Waals surface area contributed by atoms with Crippen LogP contribution >= 0.6 is 11.8 Å². The number of rotatable bonds is 6. The van der Waals surface area contributed by atoms with Gasteiger partial charge < -0.3 is 25.8 Å². The second-order valence-corrected chi connectivity index (χ2v) is 6.28. The number of nitrogens with zero attached hydrogens (tertiary/aromatic N) is 7. The molecule has 2 aromatic heterocycles. The molecule has 5 N–H and O–H groups in total. The van der Waals surface area contributed by atoms with Crippen LogP contribution in [0.25, 0.3) is 21.6 Å². The molecule has 138 valence electrons. The number of aliphatic hydroxyl groups is 2. The molecule has 1 fully saturated rings. The van der Waals surface area contributed by atoms with Gasteiger partial charge in [-0.3, -0.25) is 9.36 Å². The molecule has 4 unspecified atom stereocenters. The van der Waals surface area contributed by atoms with Crippen molar-refractivity contribution in [3.05, 3.63) is 16.8 Å². The predicted molar refractivity (Wildman–Crippen MR) is 88.0 cm³/mol. The van der Waals surface area contributed by atoms with E-state index in [2.05, 4.69) is 25.0 Å². The summed E-state index contributed by atoms with van der Waals surface area (Å²) in [6.07, 6.45) is -3.58. The lowest BCUT2D eigenvalue weighted by molar-refractivity contribution is -0.133. The fraction of sp³-hybridized carbons (Fsp3) is 0.500. The van der Waals surface area contributed by atoms with Gasteiger partial charge in [0.1, 0.15) is 18.5 Å². The summed E-state index contributed by atoms with van der Waals surface area (Å²) >= 11 is 0.873. The second kappa shape index (κ2) is 7.31. The first-order chi connectivity index (χ1) is 12.4. The number of nitrogen functional groups attached to an aromatic ring is 1. The summed E-state index contributed by atoms with van der Waals surface area (Å²) in [5.41, 5.74) is 14.6. The molecule has 13 nitrogen and oxygen atoms in total. The third-order valence-corrected chi connectivity index (χ3v) is 4.65. The minimum Gasteiger partial charge on any atom is -0.481 e. The number of carboxylic acid groups (broad SMARTS) is 1. The van der Waals surface area contributed by atoms with Crippen LogP contribution in [0.5, 0.6) is 0 Å². The second-order valence-electron chi connectivity index (χ2n) is 5.34. The molecule has 3 heterocycles. The molecule has 0 radical (unpaired) electrons. The zero-order valence-corrected chi connectivity index (χ0v) is 13.9. The number of aliphatic carboxylic acids is 1. The Morgan fingerprint density at radius 2 is 2.23 bits per heavy atom. The number of aliphatic hydroxyl groups excluding tert-OH is 2. The molecule has 2 aromatic rings. The number of thioether (sulfide) groups is 1. The first-order valence-electron chi connectivity index (χ1n) is 7.29. The van der Waals surface area contributed by atoms with Crippen LogP contribution in [-0.2, 0) is 9.53 Å². The quantitative estimate of drug-likeness (QED) is 0.218. The third-order valence-electron chi connectivity index (χ3n) is 3.71. The highest BCUT2D eigenvalue weighted by atomic mass is 32.2. The Bertz CT molecular complexity index is 884. The lowest BCUT2D eigenvalue weighted by atomic mass is 10.1. The van der Waals surface area contributed by atoms with E-state index in [0.29, 0.717) is 0 Å². The van der Waals surface area contributed by atoms with Crippen molar-refractivity contribution in [1.29, 1.82) is 0 Å². The normalized spacial score (nSPS) is 25.3. The van der Waals surface area contributed by atoms with Gasteiger partial charge in [0, 0.05) is 4.91 Å². The maximum absolute atomic E-state index is 10.9. The maximum Gasteiger partial charge on any atom is 0.313 e. The molecule has 0 spiro atoms. The van der Waals surface area contributed by atoms with Crippen LogP contribution in [0, 0.1) is 0 Å². The number of azide groups is 1. The lowest BCUT2D eigenvalue weighted by Crippen LogP contribution is -2.33. The van der Waals surface area contributed by atoms with Crippen LogP contribution in [0.1, 0.15) is 6.23 Å². The highest BCUT2D eigenvalue weighted by molar-refractivity contribution is 7.99. The topological polar surface area (TPSA) is 205 Å². The number of carbonyl (C=O) groups is 1. The predicted octanol–water partition coefficient (Wildman–Crippen LogP) is -0.485. The molecule has 26 heavy (non-hydrogen) atoms. The van der Waals surface area contributed by atoms with Crippen molar-refractivity contribution in [1.82, 2.24) is 19.5 Å². The number of nitrogens with two attached hydrogens (primary N) is 1. The van der Waals surface area contributed by atoms with Gasteiger partial charge in [-0.25, -0.2) is 15.0 Å². The number of carboxylic acids is 1. The van der Waals surface area contributed by atoms with Gasteiger partial charge in [-0.15, -0.1) is 0 Å². The maximum atomic E-state index is 10.9. The van der Waals surface area contributed by atoms with Crippen LogP contribution in [0.3, 0.4) is 0 Å². The fourth-order valence-corrected chi connectivity index (χ4v) is 3.31. The minimum absolute atomic E-state index is 0.0737. The van der Waals surface area contributed by atoms with Gasteiger partial charge in [0.05, 0.1) is 18.4 Å². The Morgan fingerprint density at radius 1 is 1.46 bits per heavy atom. The Kier molecular flexibility index (Phi) is 5.11. The molecule has 1 aliphatic rings. The molecule has 0 bridgehead atoms. The van der Waals surface area contributed by atoms with Crippen molar-refractivity contribution < 1.29 is 24.9 Å². The summed E-state index contributed by atoms with van der Waals surface area (Å²) in [5, 5.41) is 32.9. The highest BCUT2D eigenvalue weighted by Gasteiger charge is 2.45. The van der Waals surface area contributed by atoms with Crippen molar-refractivity contribution >= 4 is 34.7 Å². The lowest BCUT2D eigenvalue weighted by Gasteiger charge is -2.18. The van der Waals surface area contributed by atoms with Gasteiger partial charge >= 0.3 is 5.97 Å². The Morgan fingerprint density at radius 3 is 2.92 bits per heavy atom. The zero-order valence-electron chi connectivity index (χ0n) is 13.1. The number of aromatic nitrogens is 4. The number of imidazole rings is 1. The summed E-state index contributed by atoms with van der Waals surface area (Å²) < 4.78 is 6.98. The number of hydrogen-bond acceptors (Lipinski definition) is 10. The van der Waals surface area contributed by atoms with E-state index in [1.807, 2.05) is 0 Å². The molecule has 1 aliphatic heterocycles. The van der Waals surface area contributed by atoms with E-state index in [1.54, 1.807) is 0 Å². The average molecular weight is 382 g/mol. The average Bonchev–Trinajstić information content (AvgIpc) is 3.11. The largest absolute Gasteiger partial charge is 0.481 e. The summed E-state index contributed by atoms with van der Waals surface area (Å²) in [6, 6.07) is 0. The van der Waals surface area contributed by atoms with Crippen molar-refractivity contribution in [3.8, 4) is 0 Å². The number of anilines is 1. The molecule has 4 atom stereocenters. The Labute approximate surface area is 149 Å². The van der Waals surface area contributed by atoms with E-state index in [4.69, 9.17) is 21.1 Å². The van der Waals surface area contributed by atoms with Crippen molar-refractivity contribution in [2.24, 2.45) is 5.11 Å². The summed E-state index contributed by atoms with van der Waals surface area (Å²) in [7, 11) is 0. The number of hydrogen-bond donors (Lipinski definition) is 4. The first-order valence-corrected chi connectivity index (χ1v) is 8.28. The van der Waals surface area contributed by atoms with Crippen molar-refractivity contribution in [2.45, 2.75) is 29.7 Å². The van der Waals surface area contributed by atoms with E-state index < -0.39 is 30.5 Å². The molecule has 0 aliphatic carbocycles. The van der Waals surface area contributed by atoms with E-state index in [9.17, 15) is 15.0 Å². The molecule has 14 heteroatoms. The SMILES string of the molecule is [N-]=[N+]=NCC1OC(n2c(SCC(=O)O)nc3c(N)ncnc32)C(O)C1O. The van der Waals surface area contributed by atoms with Gasteiger partial charge in [0.2, 0.25) is 0 Å². The van der Waals surface area contributed by atoms with Crippen LogP contribution in [0.2, 0.25) is 0 Å². The Hall–Kier alpha value is -2.64. The molecule has 0 amide bonds. The molecule has 0 saturated carbocycles. The summed E-state index contributed by atoms with van der Waals surface area (Å²) in [4.78, 5) is 25.6. The molecule has 3 rings (SSSR count). The summed E-state index contributed by atoms with van der Waals surface area (Å²) in [5.74, 6) is -1.30. The van der Waals surface area contributed by atoms with Gasteiger partial charge in [-0.1, -0.05) is 16.9 Å². The third kappa shape index (κ3) is 3.23. The van der Waals surface area contributed by atoms with Crippen LogP contribution in [-0.4, -0.2) is 71.4 Å². The van der Waals surface area contributed by atoms with Crippen LogP contribution in [0.4, 0.5) is 5.82 Å². The highest BCUT2D eigenvalue weighted by Crippen LogP contribution is 2.36. The fourth-order valence-electron chi connectivity index (χ4n) is 2.57. The number of fused-ring (bicyclic) bond motifs is 1. The molecule has 0 aromatic carbocycles. The van der Waals surface area contributed by atoms with Crippen molar-refractivity contribution in [3.63, 3.8) is 0 Å². The van der Waals surface area contributed by atoms with Gasteiger partial charge in [0.25, 0.3) is 0 Å². The standard InChI is InChI=1S/C12H14N8O5S/c13-9-6-10(16-3-15-9)20(12(18-6)26-2-5(21)22)11-8(24)7(23)4(25-11)1-17-19-14/h3-4,7-8,11,23-24H,1-2H2,(H,21,22)(H2,13,15,16). The minimum atomic E-state index is -1.38. The van der Waals surface area contributed by atoms with Gasteiger partial charge in [0.15, 0.2) is 28.4 Å². The summed E-state index contributed by atoms with van der Waals surface area (Å²) in [6.45, 7) is -0.188. The van der Waals surface area contributed by atoms with Crippen molar-refractivity contribution in [2.75, 3.05) is 18.0 Å². The van der Waals surface area contributed by atoms with Gasteiger partial charge in [-0.2, -0.15) is 0 Å². The Balaban J connectivity index is 2.04. The molecular formula is C12H14N8O5S. The molecule has 1 saturated heterocycles. The zero-order chi connectivity index (χ0) is 18.8. The first kappa shape index (κ1) is 18.2. The number of ether oxygens (including phenoxy) is 1. The van der Waals surface area contributed by atoms with E-state index in [0.717, 1.165) is 11.8 Å². The van der Waals surface area contributed by atoms with E-state index in [1.165, 1.54) is 10.9 Å². The van der Waals surface area contributed by atoms with E-state index >= 15 is 0 Å². The molecular weight excluding hydrogens is 368 g/mol. The monoisotopic (exact) mass is 382 g/mol. The van der Waals surface area contributed by atoms with Gasteiger partial charge in [-0.05, 0) is 5.53 Å². The van der Waals surface area contributed by atoms with E-state index in [-0.39, 0.29) is 34.4 Å². The van der Waals surface area contributed by atoms with Crippen LogP contribution < -0.4 is 5.73 Å².